The predicted octanol–water partition coefficient (Wildman–Crippen LogP) is 3.25. The molecular formula is C13H17BrFNO. The molecule has 0 saturated carbocycles. The molecule has 1 aromatic carbocycles. The highest BCUT2D eigenvalue weighted by molar-refractivity contribution is 9.10. The molecule has 1 N–H and O–H groups in total. The molecule has 0 amide bonds. The van der Waals surface area contributed by atoms with Crippen LogP contribution >= 0.6 is 15.9 Å². The van der Waals surface area contributed by atoms with Crippen LogP contribution in [-0.2, 0) is 11.3 Å². The molecule has 0 aromatic heterocycles. The monoisotopic (exact) mass is 301 g/mol. The zero-order valence-corrected chi connectivity index (χ0v) is 11.7. The summed E-state index contributed by atoms with van der Waals surface area (Å²) in [4.78, 5) is 0. The van der Waals surface area contributed by atoms with E-state index < -0.39 is 0 Å². The van der Waals surface area contributed by atoms with E-state index in [1.54, 1.807) is 6.07 Å². The van der Waals surface area contributed by atoms with Crippen LogP contribution in [0.4, 0.5) is 4.39 Å². The van der Waals surface area contributed by atoms with Gasteiger partial charge in [0.05, 0.1) is 6.10 Å². The third-order valence-electron chi connectivity index (χ3n) is 3.58. The number of ether oxygens (including phenoxy) is 1. The molecule has 94 valence electrons. The largest absolute Gasteiger partial charge is 0.377 e. The van der Waals surface area contributed by atoms with Crippen molar-refractivity contribution >= 4 is 15.9 Å². The normalized spacial score (nSPS) is 28.6. The maximum absolute atomic E-state index is 13.0. The molecule has 2 nitrogen and oxygen atoms in total. The second kappa shape index (κ2) is 5.04. The van der Waals surface area contributed by atoms with Crippen molar-refractivity contribution in [1.29, 1.82) is 0 Å². The second-order valence-corrected chi connectivity index (χ2v) is 5.62. The van der Waals surface area contributed by atoms with Gasteiger partial charge in [0.15, 0.2) is 0 Å². The summed E-state index contributed by atoms with van der Waals surface area (Å²) < 4.78 is 19.3. The molecule has 2 rings (SSSR count). The summed E-state index contributed by atoms with van der Waals surface area (Å²) in [6.45, 7) is 5.77. The first-order valence-electron chi connectivity index (χ1n) is 5.82. The summed E-state index contributed by atoms with van der Waals surface area (Å²) in [7, 11) is 0. The van der Waals surface area contributed by atoms with Crippen molar-refractivity contribution in [2.24, 2.45) is 0 Å². The summed E-state index contributed by atoms with van der Waals surface area (Å²) in [6, 6.07) is 4.78. The average molecular weight is 302 g/mol. The summed E-state index contributed by atoms with van der Waals surface area (Å²) >= 11 is 3.38. The van der Waals surface area contributed by atoms with Crippen molar-refractivity contribution in [1.82, 2.24) is 5.32 Å². The van der Waals surface area contributed by atoms with Gasteiger partial charge >= 0.3 is 0 Å². The molecule has 0 spiro atoms. The van der Waals surface area contributed by atoms with E-state index in [9.17, 15) is 4.39 Å². The molecule has 2 unspecified atom stereocenters. The molecule has 1 fully saturated rings. The van der Waals surface area contributed by atoms with Gasteiger partial charge in [0, 0.05) is 23.2 Å². The Kier molecular flexibility index (Phi) is 3.85. The summed E-state index contributed by atoms with van der Waals surface area (Å²) in [5.74, 6) is -0.218. The van der Waals surface area contributed by atoms with Crippen molar-refractivity contribution in [2.45, 2.75) is 38.5 Å². The molecule has 0 radical (unpaired) electrons. The van der Waals surface area contributed by atoms with E-state index in [1.807, 2.05) is 0 Å². The van der Waals surface area contributed by atoms with Gasteiger partial charge in [-0.1, -0.05) is 22.0 Å². The molecular weight excluding hydrogens is 285 g/mol. The smallest absolute Gasteiger partial charge is 0.124 e. The van der Waals surface area contributed by atoms with Gasteiger partial charge in [0.1, 0.15) is 5.82 Å². The van der Waals surface area contributed by atoms with E-state index in [2.05, 4.69) is 35.1 Å². The van der Waals surface area contributed by atoms with E-state index >= 15 is 0 Å². The summed E-state index contributed by atoms with van der Waals surface area (Å²) in [5.41, 5.74) is 1.07. The van der Waals surface area contributed by atoms with E-state index in [1.165, 1.54) is 12.1 Å². The first kappa shape index (κ1) is 13.0. The third-order valence-corrected chi connectivity index (χ3v) is 4.32. The first-order chi connectivity index (χ1) is 8.01. The lowest BCUT2D eigenvalue weighted by atomic mass is 9.94. The quantitative estimate of drug-likeness (QED) is 0.925. The Morgan fingerprint density at radius 3 is 2.94 bits per heavy atom. The lowest BCUT2D eigenvalue weighted by molar-refractivity contribution is 0.0881. The van der Waals surface area contributed by atoms with Crippen molar-refractivity contribution in [3.05, 3.63) is 34.1 Å². The molecule has 4 heteroatoms. The number of nitrogens with one attached hydrogen (secondary N) is 1. The maximum atomic E-state index is 13.0. The van der Waals surface area contributed by atoms with Gasteiger partial charge in [-0.3, -0.25) is 0 Å². The zero-order valence-electron chi connectivity index (χ0n) is 10.1. The highest BCUT2D eigenvalue weighted by Gasteiger charge is 2.36. The fraction of sp³-hybridized carbons (Fsp3) is 0.538. The number of rotatable bonds is 3. The van der Waals surface area contributed by atoms with Crippen LogP contribution in [0.1, 0.15) is 25.8 Å². The second-order valence-electron chi connectivity index (χ2n) is 4.77. The minimum absolute atomic E-state index is 0.00776. The van der Waals surface area contributed by atoms with Crippen molar-refractivity contribution < 1.29 is 9.13 Å². The number of hydrogen-bond acceptors (Lipinski definition) is 2. The molecule has 1 aromatic rings. The predicted molar refractivity (Wildman–Crippen MR) is 69.4 cm³/mol. The van der Waals surface area contributed by atoms with Crippen LogP contribution < -0.4 is 5.32 Å². The lowest BCUT2D eigenvalue weighted by Crippen LogP contribution is -2.47. The highest BCUT2D eigenvalue weighted by Crippen LogP contribution is 2.26. The van der Waals surface area contributed by atoms with Crippen LogP contribution in [0.2, 0.25) is 0 Å². The first-order valence-corrected chi connectivity index (χ1v) is 6.61. The van der Waals surface area contributed by atoms with Gasteiger partial charge < -0.3 is 10.1 Å². The van der Waals surface area contributed by atoms with Crippen molar-refractivity contribution in [3.63, 3.8) is 0 Å². The van der Waals surface area contributed by atoms with E-state index in [-0.39, 0.29) is 17.5 Å². The zero-order chi connectivity index (χ0) is 12.5. The SMILES string of the molecule is CC1OCCC1(C)NCc1ccc(F)cc1Br. The Morgan fingerprint density at radius 1 is 1.59 bits per heavy atom. The summed E-state index contributed by atoms with van der Waals surface area (Å²) in [6.07, 6.45) is 1.22. The van der Waals surface area contributed by atoms with E-state index in [4.69, 9.17) is 4.74 Å². The molecule has 0 bridgehead atoms. The highest BCUT2D eigenvalue weighted by atomic mass is 79.9. The van der Waals surface area contributed by atoms with Gasteiger partial charge in [0.25, 0.3) is 0 Å². The van der Waals surface area contributed by atoms with E-state index in [0.717, 1.165) is 23.1 Å². The summed E-state index contributed by atoms with van der Waals surface area (Å²) in [5, 5.41) is 3.51. The fourth-order valence-corrected chi connectivity index (χ4v) is 2.52. The van der Waals surface area contributed by atoms with Gasteiger partial charge in [-0.25, -0.2) is 4.39 Å². The standard InChI is InChI=1S/C13H17BrFNO/c1-9-13(2,5-6-17-9)16-8-10-3-4-11(15)7-12(10)14/h3-4,7,9,16H,5-6,8H2,1-2H3. The van der Waals surface area contributed by atoms with Crippen LogP contribution in [-0.4, -0.2) is 18.2 Å². The van der Waals surface area contributed by atoms with Crippen LogP contribution in [0.3, 0.4) is 0 Å². The Balaban J connectivity index is 2.02. The Morgan fingerprint density at radius 2 is 2.35 bits per heavy atom. The molecule has 17 heavy (non-hydrogen) atoms. The van der Waals surface area contributed by atoms with E-state index in [0.29, 0.717) is 6.54 Å². The fourth-order valence-electron chi connectivity index (χ4n) is 2.03. The maximum Gasteiger partial charge on any atom is 0.124 e. The van der Waals surface area contributed by atoms with Crippen LogP contribution in [0.25, 0.3) is 0 Å². The molecule has 1 heterocycles. The van der Waals surface area contributed by atoms with Gasteiger partial charge in [-0.2, -0.15) is 0 Å². The Bertz CT molecular complexity index is 412. The lowest BCUT2D eigenvalue weighted by Gasteiger charge is -2.29. The van der Waals surface area contributed by atoms with Crippen LogP contribution in [0, 0.1) is 5.82 Å². The molecule has 1 aliphatic rings. The average Bonchev–Trinajstić information content (AvgIpc) is 2.59. The molecule has 1 saturated heterocycles. The van der Waals surface area contributed by atoms with Gasteiger partial charge in [-0.15, -0.1) is 0 Å². The van der Waals surface area contributed by atoms with Gasteiger partial charge in [-0.05, 0) is 38.0 Å². The molecule has 2 atom stereocenters. The minimum atomic E-state index is -0.218. The number of halogens is 2. The van der Waals surface area contributed by atoms with Crippen molar-refractivity contribution in [2.75, 3.05) is 6.61 Å². The topological polar surface area (TPSA) is 21.3 Å². The van der Waals surface area contributed by atoms with Gasteiger partial charge in [0.2, 0.25) is 0 Å². The van der Waals surface area contributed by atoms with Crippen molar-refractivity contribution in [3.8, 4) is 0 Å². The minimum Gasteiger partial charge on any atom is -0.377 e. The third kappa shape index (κ3) is 2.87. The molecule has 0 aliphatic carbocycles. The molecule has 1 aliphatic heterocycles. The Hall–Kier alpha value is -0.450. The van der Waals surface area contributed by atoms with Crippen LogP contribution in [0.15, 0.2) is 22.7 Å². The number of hydrogen-bond donors (Lipinski definition) is 1. The Labute approximate surface area is 110 Å². The van der Waals surface area contributed by atoms with Crippen LogP contribution in [0.5, 0.6) is 0 Å². The number of benzene rings is 1.